The lowest BCUT2D eigenvalue weighted by Crippen LogP contribution is -2.51. The molecule has 4 nitrogen and oxygen atoms in total. The van der Waals surface area contributed by atoms with Crippen molar-refractivity contribution in [3.63, 3.8) is 0 Å². The number of carbonyl (C=O) groups excluding carboxylic acids is 2. The predicted molar refractivity (Wildman–Crippen MR) is 119 cm³/mol. The molecule has 0 saturated heterocycles. The van der Waals surface area contributed by atoms with E-state index in [2.05, 4.69) is 11.4 Å². The largest absolute Gasteiger partial charge is 0.352 e. The molecule has 0 heterocycles. The minimum atomic E-state index is -0.484. The van der Waals surface area contributed by atoms with Crippen LogP contribution in [0, 0.1) is 13.8 Å². The molecule has 2 aromatic rings. The van der Waals surface area contributed by atoms with Gasteiger partial charge in [0, 0.05) is 12.6 Å². The molecule has 0 aliphatic rings. The van der Waals surface area contributed by atoms with Crippen LogP contribution in [0.3, 0.4) is 0 Å². The first-order valence-corrected chi connectivity index (χ1v) is 10.5. The van der Waals surface area contributed by atoms with Crippen LogP contribution in [0.25, 0.3) is 0 Å². The lowest BCUT2D eigenvalue weighted by Gasteiger charge is -2.31. The van der Waals surface area contributed by atoms with Crippen molar-refractivity contribution in [2.24, 2.45) is 0 Å². The second-order valence-electron chi connectivity index (χ2n) is 7.91. The van der Waals surface area contributed by atoms with Gasteiger partial charge in [0.15, 0.2) is 0 Å². The molecule has 0 aliphatic heterocycles. The molecule has 156 valence electrons. The van der Waals surface area contributed by atoms with E-state index < -0.39 is 6.04 Å². The minimum absolute atomic E-state index is 0.0264. The van der Waals surface area contributed by atoms with E-state index in [0.717, 1.165) is 28.7 Å². The number of hydrogen-bond donors (Lipinski definition) is 1. The molecule has 2 amide bonds. The van der Waals surface area contributed by atoms with Crippen LogP contribution in [0.1, 0.15) is 55.9 Å². The predicted octanol–water partition coefficient (Wildman–Crippen LogP) is 4.57. The van der Waals surface area contributed by atoms with Crippen molar-refractivity contribution in [3.05, 3.63) is 70.8 Å². The van der Waals surface area contributed by atoms with Gasteiger partial charge in [-0.05, 0) is 44.7 Å². The zero-order chi connectivity index (χ0) is 21.4. The first kappa shape index (κ1) is 22.7. The van der Waals surface area contributed by atoms with Crippen LogP contribution in [-0.4, -0.2) is 28.8 Å². The van der Waals surface area contributed by atoms with E-state index in [1.165, 1.54) is 0 Å². The highest BCUT2D eigenvalue weighted by atomic mass is 16.2. The Bertz CT molecular complexity index is 814. The van der Waals surface area contributed by atoms with Crippen LogP contribution in [0.4, 0.5) is 0 Å². The maximum atomic E-state index is 13.3. The number of carbonyl (C=O) groups is 2. The van der Waals surface area contributed by atoms with Crippen LogP contribution < -0.4 is 5.32 Å². The minimum Gasteiger partial charge on any atom is -0.352 e. The van der Waals surface area contributed by atoms with Gasteiger partial charge < -0.3 is 10.2 Å². The van der Waals surface area contributed by atoms with Gasteiger partial charge in [0.25, 0.3) is 0 Å². The molecule has 29 heavy (non-hydrogen) atoms. The standard InChI is InChI=1S/C25H34N2O2/c1-6-20(5)26-25(29)23(7-2)27(17-22-10-8-9-19(4)15-22)24(28)16-21-13-11-18(3)12-14-21/h8-15,20,23H,6-7,16-17H2,1-5H3,(H,26,29)/t20-,23+/m1/s1. The summed E-state index contributed by atoms with van der Waals surface area (Å²) in [5.74, 6) is -0.103. The lowest BCUT2D eigenvalue weighted by molar-refractivity contribution is -0.141. The van der Waals surface area contributed by atoms with E-state index in [0.29, 0.717) is 19.4 Å². The third kappa shape index (κ3) is 6.74. The van der Waals surface area contributed by atoms with Gasteiger partial charge in [-0.2, -0.15) is 0 Å². The van der Waals surface area contributed by atoms with Gasteiger partial charge in [-0.25, -0.2) is 0 Å². The maximum Gasteiger partial charge on any atom is 0.243 e. The summed E-state index contributed by atoms with van der Waals surface area (Å²) < 4.78 is 0. The van der Waals surface area contributed by atoms with E-state index in [1.54, 1.807) is 4.90 Å². The zero-order valence-corrected chi connectivity index (χ0v) is 18.4. The molecule has 4 heteroatoms. The van der Waals surface area contributed by atoms with Gasteiger partial charge in [0.2, 0.25) is 11.8 Å². The van der Waals surface area contributed by atoms with Crippen molar-refractivity contribution in [1.29, 1.82) is 0 Å². The number of rotatable bonds is 9. The average Bonchev–Trinajstić information content (AvgIpc) is 2.69. The van der Waals surface area contributed by atoms with Crippen LogP contribution in [-0.2, 0) is 22.6 Å². The molecule has 0 aliphatic carbocycles. The monoisotopic (exact) mass is 394 g/mol. The number of benzene rings is 2. The van der Waals surface area contributed by atoms with Gasteiger partial charge >= 0.3 is 0 Å². The normalized spacial score (nSPS) is 12.9. The Morgan fingerprint density at radius 1 is 0.931 bits per heavy atom. The van der Waals surface area contributed by atoms with Crippen molar-refractivity contribution in [2.75, 3.05) is 0 Å². The van der Waals surface area contributed by atoms with Gasteiger partial charge in [0.1, 0.15) is 6.04 Å². The van der Waals surface area contributed by atoms with Crippen LogP contribution in [0.2, 0.25) is 0 Å². The van der Waals surface area contributed by atoms with E-state index in [-0.39, 0.29) is 17.9 Å². The average molecular weight is 395 g/mol. The Morgan fingerprint density at radius 3 is 2.21 bits per heavy atom. The molecule has 0 aromatic heterocycles. The number of hydrogen-bond acceptors (Lipinski definition) is 2. The number of nitrogens with zero attached hydrogens (tertiary/aromatic N) is 1. The van der Waals surface area contributed by atoms with Crippen molar-refractivity contribution in [3.8, 4) is 0 Å². The lowest BCUT2D eigenvalue weighted by atomic mass is 10.0. The summed E-state index contributed by atoms with van der Waals surface area (Å²) >= 11 is 0. The van der Waals surface area contributed by atoms with E-state index >= 15 is 0 Å². The van der Waals surface area contributed by atoms with Crippen molar-refractivity contribution in [1.82, 2.24) is 10.2 Å². The Morgan fingerprint density at radius 2 is 1.62 bits per heavy atom. The first-order chi connectivity index (χ1) is 13.8. The quantitative estimate of drug-likeness (QED) is 0.677. The highest BCUT2D eigenvalue weighted by molar-refractivity contribution is 5.88. The number of nitrogens with one attached hydrogen (secondary N) is 1. The molecule has 0 unspecified atom stereocenters. The van der Waals surface area contributed by atoms with Crippen molar-refractivity contribution in [2.45, 2.75) is 72.5 Å². The summed E-state index contributed by atoms with van der Waals surface area (Å²) in [7, 11) is 0. The molecule has 2 aromatic carbocycles. The Balaban J connectivity index is 2.28. The van der Waals surface area contributed by atoms with Gasteiger partial charge in [-0.3, -0.25) is 9.59 Å². The summed E-state index contributed by atoms with van der Waals surface area (Å²) in [6, 6.07) is 15.7. The van der Waals surface area contributed by atoms with Gasteiger partial charge in [-0.15, -0.1) is 0 Å². The number of amides is 2. The van der Waals surface area contributed by atoms with Crippen LogP contribution in [0.15, 0.2) is 48.5 Å². The van der Waals surface area contributed by atoms with Crippen molar-refractivity contribution < 1.29 is 9.59 Å². The van der Waals surface area contributed by atoms with E-state index in [1.807, 2.05) is 77.1 Å². The molecule has 2 rings (SSSR count). The SMILES string of the molecule is CC[C@@H](C)NC(=O)[C@H](CC)N(Cc1cccc(C)c1)C(=O)Cc1ccc(C)cc1. The Labute approximate surface area is 175 Å². The molecule has 0 radical (unpaired) electrons. The fraction of sp³-hybridized carbons (Fsp3) is 0.440. The highest BCUT2D eigenvalue weighted by Crippen LogP contribution is 2.16. The second kappa shape index (κ2) is 10.8. The summed E-state index contributed by atoms with van der Waals surface area (Å²) in [5, 5.41) is 3.05. The van der Waals surface area contributed by atoms with Gasteiger partial charge in [-0.1, -0.05) is 73.5 Å². The third-order valence-electron chi connectivity index (χ3n) is 5.30. The van der Waals surface area contributed by atoms with Crippen molar-refractivity contribution >= 4 is 11.8 Å². The Hall–Kier alpha value is -2.62. The first-order valence-electron chi connectivity index (χ1n) is 10.5. The molecular weight excluding hydrogens is 360 g/mol. The molecule has 0 bridgehead atoms. The molecule has 0 fully saturated rings. The van der Waals surface area contributed by atoms with Crippen LogP contribution in [0.5, 0.6) is 0 Å². The summed E-state index contributed by atoms with van der Waals surface area (Å²) in [5.41, 5.74) is 4.31. The molecule has 1 N–H and O–H groups in total. The number of aryl methyl sites for hydroxylation is 2. The van der Waals surface area contributed by atoms with Gasteiger partial charge in [0.05, 0.1) is 6.42 Å². The molecule has 0 saturated carbocycles. The summed E-state index contributed by atoms with van der Waals surface area (Å²) in [6.45, 7) is 10.5. The zero-order valence-electron chi connectivity index (χ0n) is 18.4. The van der Waals surface area contributed by atoms with Crippen LogP contribution >= 0.6 is 0 Å². The second-order valence-corrected chi connectivity index (χ2v) is 7.91. The topological polar surface area (TPSA) is 49.4 Å². The summed E-state index contributed by atoms with van der Waals surface area (Å²) in [6.07, 6.45) is 1.73. The fourth-order valence-corrected chi connectivity index (χ4v) is 3.35. The fourth-order valence-electron chi connectivity index (χ4n) is 3.35. The molecular formula is C25H34N2O2. The highest BCUT2D eigenvalue weighted by Gasteiger charge is 2.29. The van der Waals surface area contributed by atoms with E-state index in [4.69, 9.17) is 0 Å². The molecule has 2 atom stereocenters. The molecule has 0 spiro atoms. The smallest absolute Gasteiger partial charge is 0.243 e. The van der Waals surface area contributed by atoms with E-state index in [9.17, 15) is 9.59 Å². The maximum absolute atomic E-state index is 13.3. The third-order valence-corrected chi connectivity index (χ3v) is 5.30. The summed E-state index contributed by atoms with van der Waals surface area (Å²) in [4.78, 5) is 28.0. The Kier molecular flexibility index (Phi) is 8.44.